The Balaban J connectivity index is 1.26. The zero-order valence-electron chi connectivity index (χ0n) is 14.6. The largest absolute Gasteiger partial charge is 0.455 e. The fraction of sp³-hybridized carbons (Fsp3) is 0.579. The molecule has 2 aromatic heterocycles. The molecule has 1 amide bonds. The van der Waals surface area contributed by atoms with Crippen LogP contribution >= 0.6 is 11.3 Å². The van der Waals surface area contributed by atoms with Gasteiger partial charge in [0.05, 0.1) is 17.2 Å². The highest BCUT2D eigenvalue weighted by molar-refractivity contribution is 7.11. The van der Waals surface area contributed by atoms with E-state index in [0.29, 0.717) is 12.3 Å². The van der Waals surface area contributed by atoms with Gasteiger partial charge in [0.15, 0.2) is 5.76 Å². The minimum absolute atomic E-state index is 0.131. The number of thiazole rings is 1. The molecular formula is C19H25N3O2S. The first kappa shape index (κ1) is 16.8. The van der Waals surface area contributed by atoms with E-state index in [1.165, 1.54) is 42.7 Å². The van der Waals surface area contributed by atoms with Crippen molar-refractivity contribution in [2.45, 2.75) is 51.5 Å². The first-order valence-electron chi connectivity index (χ1n) is 9.34. The van der Waals surface area contributed by atoms with Crippen LogP contribution in [-0.2, 0) is 25.8 Å². The maximum atomic E-state index is 12.2. The number of amides is 1. The summed E-state index contributed by atoms with van der Waals surface area (Å²) >= 11 is 1.81. The second kappa shape index (κ2) is 7.70. The number of hydrogen-bond acceptors (Lipinski definition) is 5. The number of hydrogen-bond donors (Lipinski definition) is 1. The Hall–Kier alpha value is -1.66. The molecule has 0 aromatic carbocycles. The van der Waals surface area contributed by atoms with E-state index < -0.39 is 0 Å². The lowest BCUT2D eigenvalue weighted by molar-refractivity contribution is 0.0923. The molecule has 1 fully saturated rings. The van der Waals surface area contributed by atoms with Gasteiger partial charge in [-0.3, -0.25) is 9.69 Å². The lowest BCUT2D eigenvalue weighted by Gasteiger charge is -2.11. The summed E-state index contributed by atoms with van der Waals surface area (Å²) in [4.78, 5) is 20.8. The van der Waals surface area contributed by atoms with Crippen molar-refractivity contribution in [3.8, 4) is 0 Å². The Kier molecular flexibility index (Phi) is 5.17. The molecule has 1 N–H and O–H groups in total. The third kappa shape index (κ3) is 4.12. The molecular weight excluding hydrogens is 334 g/mol. The number of carbonyl (C=O) groups is 1. The molecule has 2 aliphatic rings. The summed E-state index contributed by atoms with van der Waals surface area (Å²) in [5.74, 6) is 1.15. The average Bonchev–Trinajstić information content (AvgIpc) is 3.35. The average molecular weight is 359 g/mol. The molecule has 2 aromatic rings. The summed E-state index contributed by atoms with van der Waals surface area (Å²) in [5, 5.41) is 4.10. The number of aromatic nitrogens is 1. The van der Waals surface area contributed by atoms with Gasteiger partial charge in [-0.05, 0) is 63.7 Å². The van der Waals surface area contributed by atoms with Crippen molar-refractivity contribution in [1.29, 1.82) is 0 Å². The van der Waals surface area contributed by atoms with Crippen molar-refractivity contribution < 1.29 is 9.21 Å². The summed E-state index contributed by atoms with van der Waals surface area (Å²) in [6.45, 7) is 3.66. The first-order chi connectivity index (χ1) is 12.3. The summed E-state index contributed by atoms with van der Waals surface area (Å²) in [5.41, 5.74) is 1.29. The summed E-state index contributed by atoms with van der Waals surface area (Å²) in [6, 6.07) is 3.70. The number of nitrogens with one attached hydrogen (secondary N) is 1. The van der Waals surface area contributed by atoms with Crippen LogP contribution in [0.5, 0.6) is 0 Å². The van der Waals surface area contributed by atoms with E-state index in [1.807, 2.05) is 17.4 Å². The van der Waals surface area contributed by atoms with E-state index in [-0.39, 0.29) is 5.91 Å². The zero-order valence-corrected chi connectivity index (χ0v) is 15.4. The predicted octanol–water partition coefficient (Wildman–Crippen LogP) is 3.18. The second-order valence-corrected chi connectivity index (χ2v) is 8.11. The van der Waals surface area contributed by atoms with E-state index in [9.17, 15) is 4.79 Å². The van der Waals surface area contributed by atoms with Gasteiger partial charge in [-0.2, -0.15) is 0 Å². The van der Waals surface area contributed by atoms with E-state index in [4.69, 9.17) is 9.40 Å². The highest BCUT2D eigenvalue weighted by Crippen LogP contribution is 2.26. The Bertz CT molecular complexity index is 707. The van der Waals surface area contributed by atoms with Crippen LogP contribution < -0.4 is 5.32 Å². The number of nitrogens with zero attached hydrogens (tertiary/aromatic N) is 2. The molecule has 1 saturated heterocycles. The van der Waals surface area contributed by atoms with Crippen LogP contribution in [0.1, 0.15) is 57.6 Å². The third-order valence-corrected chi connectivity index (χ3v) is 6.20. The predicted molar refractivity (Wildman–Crippen MR) is 98.0 cm³/mol. The highest BCUT2D eigenvalue weighted by Gasteiger charge is 2.17. The van der Waals surface area contributed by atoms with Gasteiger partial charge < -0.3 is 9.73 Å². The van der Waals surface area contributed by atoms with Gasteiger partial charge in [0.2, 0.25) is 0 Å². The van der Waals surface area contributed by atoms with E-state index >= 15 is 0 Å². The van der Waals surface area contributed by atoms with Gasteiger partial charge in [-0.25, -0.2) is 4.98 Å². The number of rotatable bonds is 6. The standard InChI is InChI=1S/C19H25N3O2S/c23-19(16-8-7-14(24-16)13-22-11-3-4-12-22)20-10-9-18-21-15-5-1-2-6-17(15)25-18/h7-8H,1-6,9-13H2,(H,20,23). The molecule has 6 heteroatoms. The number of carbonyl (C=O) groups excluding carboxylic acids is 1. The highest BCUT2D eigenvalue weighted by atomic mass is 32.1. The molecule has 0 radical (unpaired) electrons. The van der Waals surface area contributed by atoms with Gasteiger partial charge in [0.1, 0.15) is 5.76 Å². The van der Waals surface area contributed by atoms with Crippen LogP contribution in [-0.4, -0.2) is 35.4 Å². The van der Waals surface area contributed by atoms with Crippen molar-refractivity contribution in [2.24, 2.45) is 0 Å². The topological polar surface area (TPSA) is 58.4 Å². The number of likely N-dealkylation sites (tertiary alicyclic amines) is 1. The van der Waals surface area contributed by atoms with Gasteiger partial charge in [0, 0.05) is 17.8 Å². The minimum Gasteiger partial charge on any atom is -0.455 e. The Morgan fingerprint density at radius 2 is 2.04 bits per heavy atom. The van der Waals surface area contributed by atoms with Crippen molar-refractivity contribution in [1.82, 2.24) is 15.2 Å². The van der Waals surface area contributed by atoms with Crippen molar-refractivity contribution >= 4 is 17.2 Å². The fourth-order valence-electron chi connectivity index (χ4n) is 3.63. The third-order valence-electron chi connectivity index (χ3n) is 4.98. The minimum atomic E-state index is -0.131. The Morgan fingerprint density at radius 3 is 2.88 bits per heavy atom. The van der Waals surface area contributed by atoms with Gasteiger partial charge >= 0.3 is 0 Å². The van der Waals surface area contributed by atoms with E-state index in [0.717, 1.165) is 43.2 Å². The summed E-state index contributed by atoms with van der Waals surface area (Å²) in [6.07, 6.45) is 8.14. The molecule has 5 nitrogen and oxygen atoms in total. The van der Waals surface area contributed by atoms with Crippen LogP contribution in [0, 0.1) is 0 Å². The van der Waals surface area contributed by atoms with Crippen LogP contribution in [0.4, 0.5) is 0 Å². The maximum absolute atomic E-state index is 12.2. The fourth-order valence-corrected chi connectivity index (χ4v) is 4.78. The van der Waals surface area contributed by atoms with E-state index in [2.05, 4.69) is 10.2 Å². The van der Waals surface area contributed by atoms with Gasteiger partial charge in [0.25, 0.3) is 5.91 Å². The molecule has 0 saturated carbocycles. The Morgan fingerprint density at radius 1 is 1.20 bits per heavy atom. The zero-order chi connectivity index (χ0) is 17.1. The maximum Gasteiger partial charge on any atom is 0.287 e. The number of furan rings is 1. The molecule has 1 aliphatic carbocycles. The van der Waals surface area contributed by atoms with Crippen LogP contribution in [0.15, 0.2) is 16.5 Å². The quantitative estimate of drug-likeness (QED) is 0.861. The summed E-state index contributed by atoms with van der Waals surface area (Å²) in [7, 11) is 0. The lowest BCUT2D eigenvalue weighted by atomic mass is 10.0. The molecule has 134 valence electrons. The van der Waals surface area contributed by atoms with Crippen molar-refractivity contribution in [3.05, 3.63) is 39.2 Å². The summed E-state index contributed by atoms with van der Waals surface area (Å²) < 4.78 is 5.71. The second-order valence-electron chi connectivity index (χ2n) is 6.94. The molecule has 0 atom stereocenters. The van der Waals surface area contributed by atoms with Gasteiger partial charge in [-0.15, -0.1) is 11.3 Å². The van der Waals surface area contributed by atoms with Crippen LogP contribution in [0.3, 0.4) is 0 Å². The normalized spacial score (nSPS) is 17.6. The smallest absolute Gasteiger partial charge is 0.287 e. The molecule has 0 unspecified atom stereocenters. The Labute approximate surface area is 152 Å². The van der Waals surface area contributed by atoms with Crippen LogP contribution in [0.25, 0.3) is 0 Å². The molecule has 0 spiro atoms. The molecule has 25 heavy (non-hydrogen) atoms. The SMILES string of the molecule is O=C(NCCc1nc2c(s1)CCCC2)c1ccc(CN2CCCC2)o1. The van der Waals surface area contributed by atoms with Crippen molar-refractivity contribution in [2.75, 3.05) is 19.6 Å². The lowest BCUT2D eigenvalue weighted by Crippen LogP contribution is -2.25. The van der Waals surface area contributed by atoms with Crippen LogP contribution in [0.2, 0.25) is 0 Å². The van der Waals surface area contributed by atoms with Gasteiger partial charge in [-0.1, -0.05) is 0 Å². The number of fused-ring (bicyclic) bond motifs is 1. The molecule has 0 bridgehead atoms. The monoisotopic (exact) mass is 359 g/mol. The molecule has 1 aliphatic heterocycles. The first-order valence-corrected chi connectivity index (χ1v) is 10.2. The molecule has 3 heterocycles. The molecule has 4 rings (SSSR count). The number of aryl methyl sites for hydroxylation is 2. The van der Waals surface area contributed by atoms with Crippen molar-refractivity contribution in [3.63, 3.8) is 0 Å². The van der Waals surface area contributed by atoms with E-state index in [1.54, 1.807) is 6.07 Å².